The zero-order chi connectivity index (χ0) is 21.1. The Morgan fingerprint density at radius 3 is 2.90 bits per heavy atom. The molecular weight excluding hydrogens is 387 g/mol. The molecule has 0 spiro atoms. The van der Waals surface area contributed by atoms with Gasteiger partial charge in [-0.1, -0.05) is 23.3 Å². The van der Waals surface area contributed by atoms with Gasteiger partial charge in [-0.05, 0) is 36.2 Å². The van der Waals surface area contributed by atoms with Crippen LogP contribution in [0.3, 0.4) is 0 Å². The number of benzene rings is 2. The van der Waals surface area contributed by atoms with Crippen molar-refractivity contribution in [2.75, 3.05) is 13.7 Å². The molecule has 0 radical (unpaired) electrons. The average Bonchev–Trinajstić information content (AvgIpc) is 3.44. The Hall–Kier alpha value is -3.84. The molecule has 4 rings (SSSR count). The van der Waals surface area contributed by atoms with E-state index in [-0.39, 0.29) is 12.5 Å². The fraction of sp³-hybridized carbons (Fsp3) is 0.238. The topological polar surface area (TPSA) is 107 Å². The second kappa shape index (κ2) is 8.26. The summed E-state index contributed by atoms with van der Waals surface area (Å²) in [6.45, 7) is 0.216. The highest BCUT2D eigenvalue weighted by molar-refractivity contribution is 5.96. The van der Waals surface area contributed by atoms with Crippen molar-refractivity contribution >= 4 is 5.91 Å². The summed E-state index contributed by atoms with van der Waals surface area (Å²) >= 11 is 0. The molecule has 0 aliphatic carbocycles. The molecule has 152 valence electrons. The van der Waals surface area contributed by atoms with Crippen LogP contribution in [0.2, 0.25) is 0 Å². The third kappa shape index (κ3) is 3.58. The van der Waals surface area contributed by atoms with E-state index in [1.54, 1.807) is 53.7 Å². The van der Waals surface area contributed by atoms with Gasteiger partial charge in [-0.25, -0.2) is 4.39 Å². The minimum atomic E-state index is -0.520. The predicted octanol–water partition coefficient (Wildman–Crippen LogP) is 4.49. The highest BCUT2D eigenvalue weighted by Crippen LogP contribution is 2.37. The van der Waals surface area contributed by atoms with Crippen LogP contribution >= 0.6 is 0 Å². The van der Waals surface area contributed by atoms with E-state index in [0.29, 0.717) is 23.3 Å². The van der Waals surface area contributed by atoms with Crippen LogP contribution in [-0.4, -0.2) is 40.7 Å². The average molecular weight is 406 g/mol. The molecule has 8 nitrogen and oxygen atoms in total. The summed E-state index contributed by atoms with van der Waals surface area (Å²) in [5, 5.41) is 10.5. The lowest BCUT2D eigenvalue weighted by atomic mass is 10.0. The van der Waals surface area contributed by atoms with Gasteiger partial charge in [0.05, 0.1) is 25.4 Å². The number of methoxy groups -OCH3 is 1. The number of amides is 1. The van der Waals surface area contributed by atoms with Crippen LogP contribution < -0.4 is 4.74 Å². The van der Waals surface area contributed by atoms with Gasteiger partial charge in [-0.15, -0.1) is 0 Å². The van der Waals surface area contributed by atoms with E-state index in [0.717, 1.165) is 11.1 Å². The minimum absolute atomic E-state index is 0.216. The van der Waals surface area contributed by atoms with E-state index in [1.807, 2.05) is 0 Å². The largest absolute Gasteiger partial charge is 0.496 e. The van der Waals surface area contributed by atoms with Crippen molar-refractivity contribution in [2.45, 2.75) is 18.5 Å². The van der Waals surface area contributed by atoms with E-state index in [9.17, 15) is 9.18 Å². The quantitative estimate of drug-likeness (QED) is 0.383. The summed E-state index contributed by atoms with van der Waals surface area (Å²) in [5.74, 6) is -0.152. The summed E-state index contributed by atoms with van der Waals surface area (Å²) < 4.78 is 19.9. The van der Waals surface area contributed by atoms with Gasteiger partial charge in [-0.3, -0.25) is 9.89 Å². The lowest BCUT2D eigenvalue weighted by Gasteiger charge is -2.25. The van der Waals surface area contributed by atoms with E-state index in [4.69, 9.17) is 10.3 Å². The van der Waals surface area contributed by atoms with Crippen molar-refractivity contribution in [1.82, 2.24) is 15.1 Å². The number of carbonyl (C=O) groups is 1. The highest BCUT2D eigenvalue weighted by Gasteiger charge is 2.37. The van der Waals surface area contributed by atoms with Crippen LogP contribution in [0.1, 0.15) is 28.4 Å². The molecule has 0 bridgehead atoms. The van der Waals surface area contributed by atoms with E-state index in [1.165, 1.54) is 13.2 Å². The number of carbonyl (C=O) groups excluding carboxylic acids is 1. The summed E-state index contributed by atoms with van der Waals surface area (Å²) in [5.41, 5.74) is 11.3. The number of hydrogen-bond acceptors (Lipinski definition) is 4. The van der Waals surface area contributed by atoms with Gasteiger partial charge in [0.25, 0.3) is 5.91 Å². The second-order valence-corrected chi connectivity index (χ2v) is 6.99. The maximum Gasteiger partial charge on any atom is 0.254 e. The first-order valence-electron chi connectivity index (χ1n) is 9.39. The van der Waals surface area contributed by atoms with E-state index < -0.39 is 17.9 Å². The number of rotatable bonds is 5. The fourth-order valence-electron chi connectivity index (χ4n) is 3.86. The van der Waals surface area contributed by atoms with Gasteiger partial charge in [0.1, 0.15) is 11.6 Å². The van der Waals surface area contributed by atoms with Crippen LogP contribution in [0.5, 0.6) is 5.75 Å². The van der Waals surface area contributed by atoms with Crippen LogP contribution in [0.25, 0.3) is 21.6 Å². The highest BCUT2D eigenvalue weighted by atomic mass is 19.1. The van der Waals surface area contributed by atoms with E-state index >= 15 is 0 Å². The maximum atomic E-state index is 14.5. The molecule has 2 heterocycles. The van der Waals surface area contributed by atoms with Crippen LogP contribution in [0, 0.1) is 5.82 Å². The molecule has 1 aliphatic rings. The predicted molar refractivity (Wildman–Crippen MR) is 108 cm³/mol. The molecule has 1 aromatic heterocycles. The van der Waals surface area contributed by atoms with Crippen molar-refractivity contribution in [2.24, 2.45) is 5.11 Å². The lowest BCUT2D eigenvalue weighted by Crippen LogP contribution is -2.32. The molecule has 1 saturated heterocycles. The summed E-state index contributed by atoms with van der Waals surface area (Å²) in [6.07, 6.45) is 3.76. The third-order valence-electron chi connectivity index (χ3n) is 5.28. The third-order valence-corrected chi connectivity index (χ3v) is 5.28. The first kappa shape index (κ1) is 19.5. The van der Waals surface area contributed by atoms with Gasteiger partial charge in [0, 0.05) is 39.9 Å². The Balaban J connectivity index is 1.69. The Morgan fingerprint density at radius 1 is 1.37 bits per heavy atom. The number of likely N-dealkylation sites (tertiary alicyclic amines) is 1. The minimum Gasteiger partial charge on any atom is -0.496 e. The first-order chi connectivity index (χ1) is 14.6. The Morgan fingerprint density at radius 2 is 2.20 bits per heavy atom. The number of ether oxygens (including phenoxy) is 1. The molecule has 2 aromatic carbocycles. The number of aromatic nitrogens is 2. The zero-order valence-corrected chi connectivity index (χ0v) is 16.2. The van der Waals surface area contributed by atoms with Crippen molar-refractivity contribution in [1.29, 1.82) is 0 Å². The monoisotopic (exact) mass is 406 g/mol. The molecule has 2 atom stereocenters. The SMILES string of the molecule is COc1cc(C(=O)N2CC(N=[N+]=[N-])C[C@@H]2c2ccccc2F)ccc1-c1cn[nH]c1. The first-order valence-corrected chi connectivity index (χ1v) is 9.39. The number of azide groups is 1. The van der Waals surface area contributed by atoms with Gasteiger partial charge in [0.15, 0.2) is 0 Å². The van der Waals surface area contributed by atoms with Gasteiger partial charge < -0.3 is 9.64 Å². The van der Waals surface area contributed by atoms with Gasteiger partial charge >= 0.3 is 0 Å². The van der Waals surface area contributed by atoms with Crippen molar-refractivity contribution < 1.29 is 13.9 Å². The smallest absolute Gasteiger partial charge is 0.254 e. The normalized spacial score (nSPS) is 18.1. The molecule has 1 aliphatic heterocycles. The molecular formula is C21H19FN6O2. The molecule has 1 N–H and O–H groups in total. The van der Waals surface area contributed by atoms with Gasteiger partial charge in [0.2, 0.25) is 0 Å². The van der Waals surface area contributed by atoms with Crippen molar-refractivity contribution in [3.63, 3.8) is 0 Å². The maximum absolute atomic E-state index is 14.5. The zero-order valence-electron chi connectivity index (χ0n) is 16.2. The Kier molecular flexibility index (Phi) is 5.36. The number of hydrogen-bond donors (Lipinski definition) is 1. The Bertz CT molecular complexity index is 1110. The summed E-state index contributed by atoms with van der Waals surface area (Å²) in [4.78, 5) is 17.8. The van der Waals surface area contributed by atoms with Crippen molar-refractivity contribution in [3.8, 4) is 16.9 Å². The molecule has 30 heavy (non-hydrogen) atoms. The lowest BCUT2D eigenvalue weighted by molar-refractivity contribution is 0.0732. The number of halogens is 1. The number of H-pyrrole nitrogens is 1. The molecule has 1 fully saturated rings. The summed E-state index contributed by atoms with van der Waals surface area (Å²) in [7, 11) is 1.53. The fourth-order valence-corrected chi connectivity index (χ4v) is 3.86. The molecule has 0 saturated carbocycles. The van der Waals surface area contributed by atoms with Crippen molar-refractivity contribution in [3.05, 3.63) is 82.2 Å². The van der Waals surface area contributed by atoms with Crippen LogP contribution in [-0.2, 0) is 0 Å². The number of nitrogens with zero attached hydrogens (tertiary/aromatic N) is 5. The standard InChI is InChI=1S/C21H19FN6O2/c1-30-20-8-13(6-7-16(20)14-10-24-25-11-14)21(29)28-12-15(26-27-23)9-19(28)17-4-2-3-5-18(17)22/h2-8,10-11,15,19H,9,12H2,1H3,(H,24,25)/t15?,19-/m1/s1. The summed E-state index contributed by atoms with van der Waals surface area (Å²) in [6, 6.07) is 10.6. The van der Waals surface area contributed by atoms with Crippen LogP contribution in [0.15, 0.2) is 60.0 Å². The van der Waals surface area contributed by atoms with Gasteiger partial charge in [-0.2, -0.15) is 5.10 Å². The molecule has 1 amide bonds. The second-order valence-electron chi connectivity index (χ2n) is 6.99. The van der Waals surface area contributed by atoms with Crippen LogP contribution in [0.4, 0.5) is 4.39 Å². The van der Waals surface area contributed by atoms with E-state index in [2.05, 4.69) is 20.2 Å². The number of aromatic amines is 1. The Labute approximate surface area is 171 Å². The molecule has 3 aromatic rings. The molecule has 1 unspecified atom stereocenters. The number of nitrogens with one attached hydrogen (secondary N) is 1. The molecule has 9 heteroatoms.